The van der Waals surface area contributed by atoms with Crippen molar-refractivity contribution in [2.24, 2.45) is 5.92 Å². The van der Waals surface area contributed by atoms with Gasteiger partial charge in [0.05, 0.1) is 0 Å². The van der Waals surface area contributed by atoms with Crippen LogP contribution in [0, 0.1) is 5.92 Å². The zero-order chi connectivity index (χ0) is 19.7. The number of nitrogen functional groups attached to an aromatic ring is 1. The molecule has 1 atom stereocenters. The molecule has 148 valence electrons. The third-order valence-electron chi connectivity index (χ3n) is 4.89. The number of aliphatic hydroxyl groups is 1. The molecule has 28 heavy (non-hydrogen) atoms. The van der Waals surface area contributed by atoms with Gasteiger partial charge in [-0.3, -0.25) is 15.6 Å². The number of benzene rings is 1. The first-order chi connectivity index (χ1) is 13.5. The van der Waals surface area contributed by atoms with Gasteiger partial charge in [0.1, 0.15) is 18.1 Å². The number of nitrogens with one attached hydrogen (secondary N) is 3. The number of fused-ring (bicyclic) bond motifs is 1. The molecule has 1 aromatic heterocycles. The standard InChI is InChI=1S/C18H21ClN6O3/c19-13-5-11(18(27)25-4-3-10(7-25)8-26)1-2-12(13)9-28-14-6-15(20)21-17-16(14)22-24-23-17/h1-2,5-6,10,22,24,26H,3-4,7-9H2,(H3,20,21,23). The molecule has 1 unspecified atom stereocenters. The Morgan fingerprint density at radius 1 is 1.39 bits per heavy atom. The minimum absolute atomic E-state index is 0.0774. The molecule has 4 rings (SSSR count). The molecule has 1 aromatic carbocycles. The predicted molar refractivity (Wildman–Crippen MR) is 106 cm³/mol. The summed E-state index contributed by atoms with van der Waals surface area (Å²) in [6.07, 6.45) is 0.818. The number of likely N-dealkylation sites (tertiary alicyclic amines) is 1. The molecule has 9 nitrogen and oxygen atoms in total. The number of nitrogens with two attached hydrogens (primary N) is 1. The normalized spacial score (nSPS) is 17.8. The van der Waals surface area contributed by atoms with E-state index in [2.05, 4.69) is 21.4 Å². The number of rotatable bonds is 5. The molecule has 1 saturated heterocycles. The van der Waals surface area contributed by atoms with E-state index in [1.165, 1.54) is 0 Å². The molecule has 0 radical (unpaired) electrons. The monoisotopic (exact) mass is 404 g/mol. The van der Waals surface area contributed by atoms with E-state index in [0.29, 0.717) is 46.7 Å². The summed E-state index contributed by atoms with van der Waals surface area (Å²) in [5.41, 5.74) is 16.2. The number of aromatic nitrogens is 1. The average molecular weight is 405 g/mol. The van der Waals surface area contributed by atoms with Gasteiger partial charge in [-0.15, -0.1) is 5.53 Å². The Morgan fingerprint density at radius 3 is 3.00 bits per heavy atom. The smallest absolute Gasteiger partial charge is 0.253 e. The van der Waals surface area contributed by atoms with Crippen molar-refractivity contribution in [3.63, 3.8) is 0 Å². The molecule has 0 bridgehead atoms. The number of hydrogen-bond donors (Lipinski definition) is 5. The van der Waals surface area contributed by atoms with E-state index in [4.69, 9.17) is 22.1 Å². The van der Waals surface area contributed by atoms with E-state index >= 15 is 0 Å². The van der Waals surface area contributed by atoms with Gasteiger partial charge in [0.25, 0.3) is 5.91 Å². The van der Waals surface area contributed by atoms with Crippen LogP contribution in [0.1, 0.15) is 22.3 Å². The topological polar surface area (TPSA) is 125 Å². The van der Waals surface area contributed by atoms with E-state index in [9.17, 15) is 9.90 Å². The van der Waals surface area contributed by atoms with Crippen LogP contribution in [-0.4, -0.2) is 40.6 Å². The second kappa shape index (κ2) is 7.70. The van der Waals surface area contributed by atoms with Crippen LogP contribution >= 0.6 is 11.6 Å². The van der Waals surface area contributed by atoms with Gasteiger partial charge in [0.15, 0.2) is 11.6 Å². The van der Waals surface area contributed by atoms with Gasteiger partial charge in [-0.25, -0.2) is 4.98 Å². The number of anilines is 3. The van der Waals surface area contributed by atoms with Crippen LogP contribution in [0.15, 0.2) is 24.3 Å². The Labute approximate surface area is 166 Å². The number of aliphatic hydroxyl groups excluding tert-OH is 1. The third kappa shape index (κ3) is 3.64. The molecule has 3 heterocycles. The van der Waals surface area contributed by atoms with E-state index in [-0.39, 0.29) is 25.0 Å². The zero-order valence-corrected chi connectivity index (χ0v) is 15.8. The van der Waals surface area contributed by atoms with Gasteiger partial charge < -0.3 is 20.5 Å². The highest BCUT2D eigenvalue weighted by molar-refractivity contribution is 6.31. The van der Waals surface area contributed by atoms with Gasteiger partial charge in [-0.1, -0.05) is 17.7 Å². The molecule has 10 heteroatoms. The van der Waals surface area contributed by atoms with Crippen molar-refractivity contribution in [1.82, 2.24) is 15.4 Å². The molecular formula is C18H21ClN6O3. The van der Waals surface area contributed by atoms with Crippen molar-refractivity contribution in [2.75, 3.05) is 36.3 Å². The summed E-state index contributed by atoms with van der Waals surface area (Å²) in [5.74, 6) is 1.48. The lowest BCUT2D eigenvalue weighted by Gasteiger charge is -2.17. The van der Waals surface area contributed by atoms with Crippen LogP contribution in [0.3, 0.4) is 0 Å². The zero-order valence-electron chi connectivity index (χ0n) is 15.0. The minimum Gasteiger partial charge on any atom is -0.486 e. The van der Waals surface area contributed by atoms with Gasteiger partial charge in [0.2, 0.25) is 0 Å². The predicted octanol–water partition coefficient (Wildman–Crippen LogP) is 1.61. The summed E-state index contributed by atoms with van der Waals surface area (Å²) in [5, 5.41) is 9.70. The van der Waals surface area contributed by atoms with Crippen molar-refractivity contribution in [3.8, 4) is 5.75 Å². The number of ether oxygens (including phenoxy) is 1. The molecule has 6 N–H and O–H groups in total. The van der Waals surface area contributed by atoms with Gasteiger partial charge in [-0.2, -0.15) is 0 Å². The molecule has 2 aliphatic rings. The Kier molecular flexibility index (Phi) is 5.12. The van der Waals surface area contributed by atoms with Crippen LogP contribution < -0.4 is 26.9 Å². The maximum Gasteiger partial charge on any atom is 0.253 e. The number of carbonyl (C=O) groups is 1. The first-order valence-corrected chi connectivity index (χ1v) is 9.32. The Hall–Kier alpha value is -2.75. The molecule has 2 aliphatic heterocycles. The van der Waals surface area contributed by atoms with Crippen LogP contribution in [-0.2, 0) is 6.61 Å². The molecule has 2 aromatic rings. The average Bonchev–Trinajstić information content (AvgIpc) is 3.35. The number of pyridine rings is 1. The van der Waals surface area contributed by atoms with Crippen molar-refractivity contribution in [2.45, 2.75) is 13.0 Å². The summed E-state index contributed by atoms with van der Waals surface area (Å²) in [6, 6.07) is 6.80. The quantitative estimate of drug-likeness (QED) is 0.509. The summed E-state index contributed by atoms with van der Waals surface area (Å²) in [6.45, 7) is 1.53. The fourth-order valence-electron chi connectivity index (χ4n) is 3.32. The molecule has 0 spiro atoms. The fourth-order valence-corrected chi connectivity index (χ4v) is 3.56. The molecular weight excluding hydrogens is 384 g/mol. The largest absolute Gasteiger partial charge is 0.486 e. The van der Waals surface area contributed by atoms with E-state index in [1.807, 2.05) is 0 Å². The highest BCUT2D eigenvalue weighted by Crippen LogP contribution is 2.35. The summed E-state index contributed by atoms with van der Waals surface area (Å²) in [4.78, 5) is 18.5. The first kappa shape index (κ1) is 18.6. The number of carbonyl (C=O) groups excluding carboxylic acids is 1. The Bertz CT molecular complexity index is 909. The van der Waals surface area contributed by atoms with Crippen molar-refractivity contribution < 1.29 is 14.6 Å². The summed E-state index contributed by atoms with van der Waals surface area (Å²) in [7, 11) is 0. The number of halogens is 1. The van der Waals surface area contributed by atoms with Crippen molar-refractivity contribution in [1.29, 1.82) is 0 Å². The van der Waals surface area contributed by atoms with Crippen LogP contribution in [0.25, 0.3) is 0 Å². The van der Waals surface area contributed by atoms with Crippen molar-refractivity contribution >= 4 is 34.8 Å². The second-order valence-electron chi connectivity index (χ2n) is 6.83. The number of hydrazine groups is 2. The Balaban J connectivity index is 1.45. The van der Waals surface area contributed by atoms with Crippen molar-refractivity contribution in [3.05, 3.63) is 40.4 Å². The lowest BCUT2D eigenvalue weighted by molar-refractivity contribution is 0.0782. The maximum atomic E-state index is 12.6. The highest BCUT2D eigenvalue weighted by Gasteiger charge is 2.26. The lowest BCUT2D eigenvalue weighted by Crippen LogP contribution is -2.29. The highest BCUT2D eigenvalue weighted by atomic mass is 35.5. The lowest BCUT2D eigenvalue weighted by atomic mass is 10.1. The van der Waals surface area contributed by atoms with Crippen LogP contribution in [0.5, 0.6) is 5.75 Å². The number of amides is 1. The summed E-state index contributed by atoms with van der Waals surface area (Å²) < 4.78 is 5.86. The first-order valence-electron chi connectivity index (χ1n) is 8.94. The van der Waals surface area contributed by atoms with Crippen LogP contribution in [0.4, 0.5) is 17.3 Å². The molecule has 0 saturated carbocycles. The fraction of sp³-hybridized carbons (Fsp3) is 0.333. The second-order valence-corrected chi connectivity index (χ2v) is 7.23. The van der Waals surface area contributed by atoms with Crippen LogP contribution in [0.2, 0.25) is 5.02 Å². The molecule has 1 amide bonds. The van der Waals surface area contributed by atoms with E-state index in [0.717, 1.165) is 12.0 Å². The SMILES string of the molecule is Nc1cc(OCc2ccc(C(=O)N3CCC(CO)C3)cc2Cl)c2c(n1)NNN2. The van der Waals surface area contributed by atoms with E-state index < -0.39 is 0 Å². The summed E-state index contributed by atoms with van der Waals surface area (Å²) >= 11 is 6.38. The van der Waals surface area contributed by atoms with Gasteiger partial charge >= 0.3 is 0 Å². The third-order valence-corrected chi connectivity index (χ3v) is 5.24. The molecule has 0 aliphatic carbocycles. The molecule has 1 fully saturated rings. The van der Waals surface area contributed by atoms with Gasteiger partial charge in [0, 0.05) is 47.8 Å². The number of hydrogen-bond acceptors (Lipinski definition) is 8. The minimum atomic E-state index is -0.0774. The number of nitrogens with zero attached hydrogens (tertiary/aromatic N) is 2. The van der Waals surface area contributed by atoms with Gasteiger partial charge in [-0.05, 0) is 18.6 Å². The maximum absolute atomic E-state index is 12.6. The van der Waals surface area contributed by atoms with E-state index in [1.54, 1.807) is 29.2 Å². The Morgan fingerprint density at radius 2 is 2.25 bits per heavy atom.